The van der Waals surface area contributed by atoms with Crippen molar-refractivity contribution in [2.45, 2.75) is 44.0 Å². The Labute approximate surface area is 119 Å². The van der Waals surface area contributed by atoms with E-state index in [0.717, 1.165) is 0 Å². The summed E-state index contributed by atoms with van der Waals surface area (Å²) in [5.41, 5.74) is 0.481. The van der Waals surface area contributed by atoms with Crippen LogP contribution in [0.2, 0.25) is 0 Å². The van der Waals surface area contributed by atoms with E-state index in [0.29, 0.717) is 18.5 Å². The van der Waals surface area contributed by atoms with E-state index in [1.807, 2.05) is 13.8 Å². The molecule has 2 N–H and O–H groups in total. The zero-order chi connectivity index (χ0) is 15.2. The minimum atomic E-state index is -3.33. The lowest BCUT2D eigenvalue weighted by Crippen LogP contribution is -2.23. The van der Waals surface area contributed by atoms with Crippen LogP contribution in [-0.2, 0) is 14.6 Å². The van der Waals surface area contributed by atoms with Gasteiger partial charge in [-0.25, -0.2) is 8.42 Å². The highest BCUT2D eigenvalue weighted by Gasteiger charge is 2.19. The third-order valence-electron chi connectivity index (χ3n) is 2.97. The Kier molecular flexibility index (Phi) is 6.01. The highest BCUT2D eigenvalue weighted by atomic mass is 32.2. The molecular formula is C14H21NO4S. The largest absolute Gasteiger partial charge is 0.481 e. The molecule has 112 valence electrons. The van der Waals surface area contributed by atoms with Crippen LogP contribution in [0.3, 0.4) is 0 Å². The van der Waals surface area contributed by atoms with E-state index in [9.17, 15) is 13.2 Å². The molecule has 0 amide bonds. The Morgan fingerprint density at radius 2 is 1.95 bits per heavy atom. The first-order valence-electron chi connectivity index (χ1n) is 6.70. The molecule has 0 aromatic heterocycles. The van der Waals surface area contributed by atoms with Gasteiger partial charge in [-0.3, -0.25) is 4.79 Å². The van der Waals surface area contributed by atoms with E-state index in [1.165, 1.54) is 0 Å². The van der Waals surface area contributed by atoms with Gasteiger partial charge in [-0.2, -0.15) is 0 Å². The summed E-state index contributed by atoms with van der Waals surface area (Å²) < 4.78 is 24.4. The maximum Gasteiger partial charge on any atom is 0.305 e. The molecule has 20 heavy (non-hydrogen) atoms. The summed E-state index contributed by atoms with van der Waals surface area (Å²) in [6, 6.07) is 6.35. The first kappa shape index (κ1) is 16.5. The summed E-state index contributed by atoms with van der Waals surface area (Å²) in [6.07, 6.45) is 1.11. The lowest BCUT2D eigenvalue weighted by atomic mass is 10.1. The Morgan fingerprint density at radius 3 is 2.50 bits per heavy atom. The topological polar surface area (TPSA) is 83.5 Å². The molecule has 6 heteroatoms. The number of para-hydroxylation sites is 1. The molecule has 0 radical (unpaired) electrons. The van der Waals surface area contributed by atoms with E-state index in [4.69, 9.17) is 5.11 Å². The summed E-state index contributed by atoms with van der Waals surface area (Å²) in [5, 5.41) is 11.9. The Bertz CT molecular complexity index is 554. The van der Waals surface area contributed by atoms with Crippen molar-refractivity contribution in [1.82, 2.24) is 0 Å². The SMILES string of the molecule is CCCS(=O)(=O)c1ccccc1NC(CC)CC(=O)O. The number of hydrogen-bond acceptors (Lipinski definition) is 4. The summed E-state index contributed by atoms with van der Waals surface area (Å²) in [4.78, 5) is 11.0. The number of sulfone groups is 1. The number of aliphatic carboxylic acids is 1. The number of anilines is 1. The van der Waals surface area contributed by atoms with Crippen LogP contribution in [0.25, 0.3) is 0 Å². The lowest BCUT2D eigenvalue weighted by molar-refractivity contribution is -0.137. The van der Waals surface area contributed by atoms with Crippen molar-refractivity contribution in [3.63, 3.8) is 0 Å². The van der Waals surface area contributed by atoms with Gasteiger partial charge in [0.05, 0.1) is 22.8 Å². The van der Waals surface area contributed by atoms with Gasteiger partial charge in [0.25, 0.3) is 0 Å². The van der Waals surface area contributed by atoms with Gasteiger partial charge in [0.1, 0.15) is 0 Å². The monoisotopic (exact) mass is 299 g/mol. The fourth-order valence-corrected chi connectivity index (χ4v) is 3.47. The summed E-state index contributed by atoms with van der Waals surface area (Å²) >= 11 is 0. The van der Waals surface area contributed by atoms with E-state index >= 15 is 0 Å². The molecule has 0 aliphatic heterocycles. The van der Waals surface area contributed by atoms with Crippen molar-refractivity contribution in [3.8, 4) is 0 Å². The molecule has 0 bridgehead atoms. The standard InChI is InChI=1S/C14H21NO4S/c1-3-9-20(18,19)13-8-6-5-7-12(13)15-11(4-2)10-14(16)17/h5-8,11,15H,3-4,9-10H2,1-2H3,(H,16,17). The average molecular weight is 299 g/mol. The Morgan fingerprint density at radius 1 is 1.30 bits per heavy atom. The normalized spacial score (nSPS) is 12.9. The van der Waals surface area contributed by atoms with E-state index in [1.54, 1.807) is 24.3 Å². The molecule has 0 heterocycles. The summed E-state index contributed by atoms with van der Waals surface area (Å²) in [5.74, 6) is -0.820. The van der Waals surface area contributed by atoms with Gasteiger partial charge >= 0.3 is 5.97 Å². The number of carbonyl (C=O) groups is 1. The molecule has 0 fully saturated rings. The van der Waals surface area contributed by atoms with Crippen LogP contribution in [0.5, 0.6) is 0 Å². The predicted octanol–water partition coefficient (Wildman–Crippen LogP) is 2.54. The Hall–Kier alpha value is -1.56. The quantitative estimate of drug-likeness (QED) is 0.770. The fourth-order valence-electron chi connectivity index (χ4n) is 1.96. The highest BCUT2D eigenvalue weighted by molar-refractivity contribution is 7.91. The molecule has 1 rings (SSSR count). The molecule has 1 aromatic rings. The van der Waals surface area contributed by atoms with Crippen LogP contribution in [0.4, 0.5) is 5.69 Å². The molecule has 1 aromatic carbocycles. The molecule has 0 aliphatic rings. The predicted molar refractivity (Wildman–Crippen MR) is 78.7 cm³/mol. The second-order valence-electron chi connectivity index (χ2n) is 4.66. The van der Waals surface area contributed by atoms with Crippen molar-refractivity contribution in [1.29, 1.82) is 0 Å². The highest BCUT2D eigenvalue weighted by Crippen LogP contribution is 2.24. The zero-order valence-corrected chi connectivity index (χ0v) is 12.6. The zero-order valence-electron chi connectivity index (χ0n) is 11.8. The molecule has 0 saturated carbocycles. The van der Waals surface area contributed by atoms with Crippen LogP contribution in [-0.4, -0.2) is 31.3 Å². The van der Waals surface area contributed by atoms with Gasteiger partial charge < -0.3 is 10.4 Å². The van der Waals surface area contributed by atoms with Crippen molar-refractivity contribution >= 4 is 21.5 Å². The van der Waals surface area contributed by atoms with Gasteiger partial charge in [0.2, 0.25) is 0 Å². The number of carboxylic acid groups (broad SMARTS) is 1. The number of carboxylic acids is 1. The van der Waals surface area contributed by atoms with Gasteiger partial charge in [0.15, 0.2) is 9.84 Å². The molecular weight excluding hydrogens is 278 g/mol. The second-order valence-corrected chi connectivity index (χ2v) is 6.74. The number of hydrogen-bond donors (Lipinski definition) is 2. The fraction of sp³-hybridized carbons (Fsp3) is 0.500. The third-order valence-corrected chi connectivity index (χ3v) is 4.94. The van der Waals surface area contributed by atoms with Crippen LogP contribution >= 0.6 is 0 Å². The minimum Gasteiger partial charge on any atom is -0.481 e. The number of nitrogens with one attached hydrogen (secondary N) is 1. The van der Waals surface area contributed by atoms with Gasteiger partial charge in [-0.05, 0) is 25.0 Å². The number of benzene rings is 1. The van der Waals surface area contributed by atoms with Crippen molar-refractivity contribution < 1.29 is 18.3 Å². The average Bonchev–Trinajstić information content (AvgIpc) is 2.37. The smallest absolute Gasteiger partial charge is 0.305 e. The van der Waals surface area contributed by atoms with E-state index in [2.05, 4.69) is 5.32 Å². The van der Waals surface area contributed by atoms with Gasteiger partial charge in [-0.15, -0.1) is 0 Å². The second kappa shape index (κ2) is 7.28. The summed E-state index contributed by atoms with van der Waals surface area (Å²) in [7, 11) is -3.33. The Balaban J connectivity index is 3.04. The first-order chi connectivity index (χ1) is 9.40. The number of rotatable bonds is 8. The molecule has 0 spiro atoms. The third kappa shape index (κ3) is 4.52. The van der Waals surface area contributed by atoms with Crippen molar-refractivity contribution in [2.24, 2.45) is 0 Å². The van der Waals surface area contributed by atoms with E-state index in [-0.39, 0.29) is 23.1 Å². The van der Waals surface area contributed by atoms with Crippen LogP contribution in [0, 0.1) is 0 Å². The summed E-state index contributed by atoms with van der Waals surface area (Å²) in [6.45, 7) is 3.68. The van der Waals surface area contributed by atoms with Gasteiger partial charge in [-0.1, -0.05) is 26.0 Å². The van der Waals surface area contributed by atoms with Crippen molar-refractivity contribution in [3.05, 3.63) is 24.3 Å². The molecule has 1 unspecified atom stereocenters. The maximum absolute atomic E-state index is 12.2. The van der Waals surface area contributed by atoms with Crippen LogP contribution in [0.1, 0.15) is 33.1 Å². The van der Waals surface area contributed by atoms with E-state index < -0.39 is 15.8 Å². The first-order valence-corrected chi connectivity index (χ1v) is 8.36. The molecule has 0 saturated heterocycles. The lowest BCUT2D eigenvalue weighted by Gasteiger charge is -2.19. The van der Waals surface area contributed by atoms with Crippen LogP contribution in [0.15, 0.2) is 29.2 Å². The molecule has 1 atom stereocenters. The molecule has 0 aliphatic carbocycles. The maximum atomic E-state index is 12.2. The van der Waals surface area contributed by atoms with Crippen LogP contribution < -0.4 is 5.32 Å². The minimum absolute atomic E-state index is 0.0430. The van der Waals surface area contributed by atoms with Crippen molar-refractivity contribution in [2.75, 3.05) is 11.1 Å². The molecule has 5 nitrogen and oxygen atoms in total. The van der Waals surface area contributed by atoms with Gasteiger partial charge in [0, 0.05) is 6.04 Å².